The Labute approximate surface area is 383 Å². The molecule has 310 valence electrons. The van der Waals surface area contributed by atoms with E-state index in [1.165, 1.54) is 99.8 Å². The molecule has 2 unspecified atom stereocenters. The zero-order valence-corrected chi connectivity index (χ0v) is 37.3. The van der Waals surface area contributed by atoms with Gasteiger partial charge in [0.05, 0.1) is 10.8 Å². The van der Waals surface area contributed by atoms with E-state index in [1.54, 1.807) is 0 Å². The van der Waals surface area contributed by atoms with Crippen LogP contribution in [0.25, 0.3) is 33.0 Å². The molecule has 10 aromatic rings. The Morgan fingerprint density at radius 3 is 1.11 bits per heavy atom. The summed E-state index contributed by atoms with van der Waals surface area (Å²) in [5, 5.41) is 2.43. The normalized spacial score (nSPS) is 16.7. The summed E-state index contributed by atoms with van der Waals surface area (Å²) in [5.41, 5.74) is 22.8. The molecule has 2 aliphatic rings. The van der Waals surface area contributed by atoms with Crippen molar-refractivity contribution in [1.29, 1.82) is 0 Å². The van der Waals surface area contributed by atoms with E-state index >= 15 is 0 Å². The smallest absolute Gasteiger partial charge is 0.0714 e. The van der Waals surface area contributed by atoms with Gasteiger partial charge in [-0.15, -0.1) is 0 Å². The molecule has 2 atom stereocenters. The number of rotatable bonds is 7. The van der Waals surface area contributed by atoms with E-state index in [0.717, 1.165) is 17.1 Å². The molecule has 1 heteroatoms. The van der Waals surface area contributed by atoms with Crippen molar-refractivity contribution in [1.82, 2.24) is 0 Å². The highest BCUT2D eigenvalue weighted by Crippen LogP contribution is 2.60. The second-order valence-electron chi connectivity index (χ2n) is 18.4. The molecule has 0 N–H and O–H groups in total. The number of hydrogen-bond donors (Lipinski definition) is 0. The van der Waals surface area contributed by atoms with Crippen LogP contribution in [0.5, 0.6) is 0 Å². The first-order valence-electron chi connectivity index (χ1n) is 22.9. The van der Waals surface area contributed by atoms with E-state index in [1.807, 2.05) is 0 Å². The Hall–Kier alpha value is -7.74. The van der Waals surface area contributed by atoms with E-state index < -0.39 is 10.8 Å². The van der Waals surface area contributed by atoms with E-state index in [9.17, 15) is 0 Å². The SMILES string of the molecule is Cc1cc(C)cc(C2(c3ccccc3)c3ccccc3-c3ccc(N(c4ccc5c(c4)C(c4ccccc4)(c4cc(C)cc(C)c4)c4ccccc4-5)c4ccc5ccccc5c4)cc32)c1. The van der Waals surface area contributed by atoms with Crippen molar-refractivity contribution in [2.45, 2.75) is 38.5 Å². The summed E-state index contributed by atoms with van der Waals surface area (Å²) in [6.45, 7) is 8.92. The number of aryl methyl sites for hydroxylation is 4. The van der Waals surface area contributed by atoms with Crippen molar-refractivity contribution in [2.75, 3.05) is 4.90 Å². The van der Waals surface area contributed by atoms with Gasteiger partial charge >= 0.3 is 0 Å². The molecule has 12 rings (SSSR count). The van der Waals surface area contributed by atoms with Gasteiger partial charge in [0.25, 0.3) is 0 Å². The molecular weight excluding hydrogens is 783 g/mol. The molecule has 0 fully saturated rings. The van der Waals surface area contributed by atoms with Gasteiger partial charge in [0.15, 0.2) is 0 Å². The van der Waals surface area contributed by atoms with Gasteiger partial charge in [0.1, 0.15) is 0 Å². The number of anilines is 3. The third-order valence-corrected chi connectivity index (χ3v) is 14.3. The van der Waals surface area contributed by atoms with Crippen LogP contribution in [0.1, 0.15) is 66.8 Å². The summed E-state index contributed by atoms with van der Waals surface area (Å²) in [6, 6.07) is 84.9. The number of benzene rings is 10. The van der Waals surface area contributed by atoms with E-state index in [-0.39, 0.29) is 0 Å². The molecule has 0 bridgehead atoms. The minimum absolute atomic E-state index is 0.542. The van der Waals surface area contributed by atoms with Crippen molar-refractivity contribution >= 4 is 27.8 Å². The Kier molecular flexibility index (Phi) is 8.94. The second kappa shape index (κ2) is 14.9. The average molecular weight is 832 g/mol. The molecule has 1 nitrogen and oxygen atoms in total. The molecule has 0 saturated heterocycles. The van der Waals surface area contributed by atoms with Gasteiger partial charge in [-0.05, 0) is 142 Å². The average Bonchev–Trinajstić information content (AvgIpc) is 3.79. The molecular formula is C64H49N. The lowest BCUT2D eigenvalue weighted by atomic mass is 9.67. The molecule has 65 heavy (non-hydrogen) atoms. The highest BCUT2D eigenvalue weighted by atomic mass is 15.1. The lowest BCUT2D eigenvalue weighted by Crippen LogP contribution is -2.29. The third kappa shape index (κ3) is 5.85. The fraction of sp³-hybridized carbons (Fsp3) is 0.0938. The lowest BCUT2D eigenvalue weighted by Gasteiger charge is -2.36. The maximum absolute atomic E-state index is 2.51. The van der Waals surface area contributed by atoms with Gasteiger partial charge in [0.2, 0.25) is 0 Å². The van der Waals surface area contributed by atoms with Crippen LogP contribution in [0, 0.1) is 27.7 Å². The fourth-order valence-corrected chi connectivity index (χ4v) is 11.9. The van der Waals surface area contributed by atoms with Crippen LogP contribution >= 0.6 is 0 Å². The molecule has 2 aliphatic carbocycles. The van der Waals surface area contributed by atoms with Crippen molar-refractivity contribution < 1.29 is 0 Å². The molecule has 0 aliphatic heterocycles. The van der Waals surface area contributed by atoms with Crippen LogP contribution < -0.4 is 4.90 Å². The monoisotopic (exact) mass is 831 g/mol. The summed E-state index contributed by atoms with van der Waals surface area (Å²) in [5.74, 6) is 0. The predicted molar refractivity (Wildman–Crippen MR) is 272 cm³/mol. The first kappa shape index (κ1) is 38.9. The van der Waals surface area contributed by atoms with Crippen LogP contribution in [-0.2, 0) is 10.8 Å². The fourth-order valence-electron chi connectivity index (χ4n) is 11.9. The van der Waals surface area contributed by atoms with Gasteiger partial charge < -0.3 is 4.90 Å². The van der Waals surface area contributed by atoms with E-state index in [2.05, 4.69) is 257 Å². The van der Waals surface area contributed by atoms with Crippen LogP contribution in [0.4, 0.5) is 17.1 Å². The maximum atomic E-state index is 2.51. The van der Waals surface area contributed by atoms with Gasteiger partial charge in [-0.25, -0.2) is 0 Å². The third-order valence-electron chi connectivity index (χ3n) is 14.3. The minimum atomic E-state index is -0.542. The Morgan fingerprint density at radius 1 is 0.262 bits per heavy atom. The van der Waals surface area contributed by atoms with Gasteiger partial charge in [-0.1, -0.05) is 210 Å². The first-order chi connectivity index (χ1) is 31.8. The number of nitrogens with zero attached hydrogens (tertiary/aromatic N) is 1. The molecule has 0 aromatic heterocycles. The number of fused-ring (bicyclic) bond motifs is 7. The second-order valence-corrected chi connectivity index (χ2v) is 18.4. The molecule has 10 aromatic carbocycles. The lowest BCUT2D eigenvalue weighted by molar-refractivity contribution is 0.765. The van der Waals surface area contributed by atoms with Crippen LogP contribution in [-0.4, -0.2) is 0 Å². The summed E-state index contributed by atoms with van der Waals surface area (Å²) >= 11 is 0. The summed E-state index contributed by atoms with van der Waals surface area (Å²) < 4.78 is 0. The molecule has 0 amide bonds. The Morgan fingerprint density at radius 2 is 0.631 bits per heavy atom. The maximum Gasteiger partial charge on any atom is 0.0714 e. The quantitative estimate of drug-likeness (QED) is 0.155. The van der Waals surface area contributed by atoms with Crippen LogP contribution in [0.3, 0.4) is 0 Å². The topological polar surface area (TPSA) is 3.24 Å². The zero-order valence-electron chi connectivity index (χ0n) is 37.3. The van der Waals surface area contributed by atoms with Crippen molar-refractivity contribution in [3.63, 3.8) is 0 Å². The Bertz CT molecular complexity index is 3260. The van der Waals surface area contributed by atoms with Crippen LogP contribution in [0.2, 0.25) is 0 Å². The van der Waals surface area contributed by atoms with E-state index in [0.29, 0.717) is 0 Å². The van der Waals surface area contributed by atoms with Crippen molar-refractivity contribution in [3.05, 3.63) is 291 Å². The van der Waals surface area contributed by atoms with Crippen molar-refractivity contribution in [3.8, 4) is 22.3 Å². The summed E-state index contributed by atoms with van der Waals surface area (Å²) in [7, 11) is 0. The molecule has 0 radical (unpaired) electrons. The zero-order chi connectivity index (χ0) is 43.9. The highest BCUT2D eigenvalue weighted by molar-refractivity contribution is 5.94. The van der Waals surface area contributed by atoms with Gasteiger partial charge in [-0.3, -0.25) is 0 Å². The highest BCUT2D eigenvalue weighted by Gasteiger charge is 2.48. The Balaban J connectivity index is 1.16. The summed E-state index contributed by atoms with van der Waals surface area (Å²) in [6.07, 6.45) is 0. The van der Waals surface area contributed by atoms with Crippen LogP contribution in [0.15, 0.2) is 224 Å². The van der Waals surface area contributed by atoms with Crippen molar-refractivity contribution in [2.24, 2.45) is 0 Å². The van der Waals surface area contributed by atoms with Gasteiger partial charge in [-0.2, -0.15) is 0 Å². The molecule has 0 heterocycles. The predicted octanol–water partition coefficient (Wildman–Crippen LogP) is 16.3. The first-order valence-corrected chi connectivity index (χ1v) is 22.9. The number of hydrogen-bond acceptors (Lipinski definition) is 1. The molecule has 0 saturated carbocycles. The minimum Gasteiger partial charge on any atom is -0.310 e. The standard InChI is InChI=1S/C64H49N/c1-42-33-43(2)36-50(35-42)63(48-19-7-5-8-20-48)59-25-15-13-23-55(59)57-31-29-53(40-61(57)63)65(52-28-27-46-17-11-12-18-47(46)39-52)54-30-32-58-56-24-14-16-26-60(56)64(62(58)41-54,49-21-9-6-10-22-49)51-37-44(3)34-45(4)38-51/h5-41H,1-4H3. The summed E-state index contributed by atoms with van der Waals surface area (Å²) in [4.78, 5) is 2.51. The molecule has 0 spiro atoms. The van der Waals surface area contributed by atoms with Gasteiger partial charge in [0, 0.05) is 17.1 Å². The largest absolute Gasteiger partial charge is 0.310 e. The van der Waals surface area contributed by atoms with E-state index in [4.69, 9.17) is 0 Å².